The second-order valence-corrected chi connectivity index (χ2v) is 10.8. The molecule has 0 saturated carbocycles. The van der Waals surface area contributed by atoms with E-state index in [1.54, 1.807) is 31.2 Å². The molecule has 7 nitrogen and oxygen atoms in total. The number of amides is 2. The molecule has 10 heteroatoms. The molecule has 0 aliphatic carbocycles. The lowest BCUT2D eigenvalue weighted by Gasteiger charge is -2.31. The number of carbonyl (C=O) groups is 2. The number of sulfonamides is 1. The predicted molar refractivity (Wildman–Crippen MR) is 131 cm³/mol. The van der Waals surface area contributed by atoms with Crippen LogP contribution in [0.1, 0.15) is 32.8 Å². The van der Waals surface area contributed by atoms with Crippen LogP contribution in [0.5, 0.6) is 0 Å². The van der Waals surface area contributed by atoms with Gasteiger partial charge in [0.1, 0.15) is 6.04 Å². The topological polar surface area (TPSA) is 86.8 Å². The second kappa shape index (κ2) is 11.8. The van der Waals surface area contributed by atoms with E-state index in [0.717, 1.165) is 16.3 Å². The number of nitrogens with zero attached hydrogens (tertiary/aromatic N) is 2. The molecule has 0 aliphatic heterocycles. The van der Waals surface area contributed by atoms with E-state index in [1.165, 1.54) is 36.2 Å². The Labute approximate surface area is 205 Å². The maximum atomic E-state index is 13.3. The number of likely N-dealkylation sites (N-methyl/N-ethyl adjacent to an activating group) is 1. The summed E-state index contributed by atoms with van der Waals surface area (Å²) in [4.78, 5) is 27.4. The van der Waals surface area contributed by atoms with Crippen LogP contribution in [0.15, 0.2) is 53.4 Å². The summed E-state index contributed by atoms with van der Waals surface area (Å²) in [5, 5.41) is 3.83. The normalized spacial score (nSPS) is 13.4. The Morgan fingerprint density at radius 1 is 0.970 bits per heavy atom. The van der Waals surface area contributed by atoms with E-state index < -0.39 is 28.5 Å². The fourth-order valence-electron chi connectivity index (χ4n) is 2.99. The number of carbonyl (C=O) groups excluding carboxylic acids is 2. The molecule has 0 unspecified atom stereocenters. The maximum absolute atomic E-state index is 13.3. The number of rotatable bonds is 10. The van der Waals surface area contributed by atoms with Crippen molar-refractivity contribution in [1.82, 2.24) is 14.5 Å². The first-order chi connectivity index (χ1) is 15.4. The summed E-state index contributed by atoms with van der Waals surface area (Å²) in [6.45, 7) is 5.14. The SMILES string of the molecule is CC[C@H](C)NC(=O)[C@@H](C)N(Cc1ccc(Cl)cc1)C(=O)CN(C)S(=O)(=O)c1ccc(Cl)cc1. The lowest BCUT2D eigenvalue weighted by Crippen LogP contribution is -2.51. The van der Waals surface area contributed by atoms with Gasteiger partial charge in [-0.3, -0.25) is 9.59 Å². The molecule has 0 aliphatic rings. The van der Waals surface area contributed by atoms with Crippen LogP contribution < -0.4 is 5.32 Å². The monoisotopic (exact) mass is 513 g/mol. The van der Waals surface area contributed by atoms with Crippen LogP contribution in [-0.2, 0) is 26.2 Å². The highest BCUT2D eigenvalue weighted by atomic mass is 35.5. The van der Waals surface area contributed by atoms with Gasteiger partial charge in [-0.2, -0.15) is 4.31 Å². The van der Waals surface area contributed by atoms with Gasteiger partial charge in [-0.25, -0.2) is 8.42 Å². The van der Waals surface area contributed by atoms with Gasteiger partial charge >= 0.3 is 0 Å². The van der Waals surface area contributed by atoms with Crippen LogP contribution in [0, 0.1) is 0 Å². The molecular formula is C23H29Cl2N3O4S. The Balaban J connectivity index is 2.26. The predicted octanol–water partition coefficient (Wildman–Crippen LogP) is 3.95. The van der Waals surface area contributed by atoms with Crippen molar-refractivity contribution in [2.45, 2.75) is 50.7 Å². The van der Waals surface area contributed by atoms with Crippen molar-refractivity contribution in [3.8, 4) is 0 Å². The Morgan fingerprint density at radius 2 is 1.48 bits per heavy atom. The smallest absolute Gasteiger partial charge is 0.243 e. The summed E-state index contributed by atoms with van der Waals surface area (Å²) in [5.41, 5.74) is 0.763. The molecule has 0 aromatic heterocycles. The molecule has 0 fully saturated rings. The molecule has 2 rings (SSSR count). The van der Waals surface area contributed by atoms with E-state index in [2.05, 4.69) is 5.32 Å². The minimum Gasteiger partial charge on any atom is -0.352 e. The van der Waals surface area contributed by atoms with Crippen molar-refractivity contribution in [3.05, 3.63) is 64.1 Å². The van der Waals surface area contributed by atoms with Crippen LogP contribution in [0.25, 0.3) is 0 Å². The first kappa shape index (κ1) is 27.1. The zero-order chi connectivity index (χ0) is 24.8. The van der Waals surface area contributed by atoms with Crippen LogP contribution in [0.3, 0.4) is 0 Å². The minimum absolute atomic E-state index is 0.0222. The average molecular weight is 514 g/mol. The quantitative estimate of drug-likeness (QED) is 0.521. The van der Waals surface area contributed by atoms with E-state index >= 15 is 0 Å². The lowest BCUT2D eigenvalue weighted by atomic mass is 10.1. The summed E-state index contributed by atoms with van der Waals surface area (Å²) >= 11 is 11.8. The van der Waals surface area contributed by atoms with E-state index in [0.29, 0.717) is 10.0 Å². The standard InChI is InChI=1S/C23H29Cl2N3O4S/c1-5-16(2)26-23(30)17(3)28(14-18-6-8-19(24)9-7-18)22(29)15-27(4)33(31,32)21-12-10-20(25)11-13-21/h6-13,16-17H,5,14-15H2,1-4H3,(H,26,30)/t16-,17+/m0/s1. The Kier molecular flexibility index (Phi) is 9.72. The molecular weight excluding hydrogens is 485 g/mol. The number of hydrogen-bond acceptors (Lipinski definition) is 4. The molecule has 2 aromatic rings. The van der Waals surface area contributed by atoms with Gasteiger partial charge in [-0.15, -0.1) is 0 Å². The van der Waals surface area contributed by atoms with Crippen LogP contribution in [0.4, 0.5) is 0 Å². The highest BCUT2D eigenvalue weighted by molar-refractivity contribution is 7.89. The van der Waals surface area contributed by atoms with Crippen LogP contribution in [0.2, 0.25) is 10.0 Å². The van der Waals surface area contributed by atoms with Gasteiger partial charge in [0, 0.05) is 29.7 Å². The molecule has 0 radical (unpaired) electrons. The zero-order valence-corrected chi connectivity index (χ0v) is 21.4. The van der Waals surface area contributed by atoms with Gasteiger partial charge in [0.25, 0.3) is 0 Å². The summed E-state index contributed by atoms with van der Waals surface area (Å²) < 4.78 is 26.8. The number of nitrogens with one attached hydrogen (secondary N) is 1. The average Bonchev–Trinajstić information content (AvgIpc) is 2.78. The van der Waals surface area contributed by atoms with Crippen LogP contribution in [-0.4, -0.2) is 55.1 Å². The van der Waals surface area contributed by atoms with Crippen molar-refractivity contribution < 1.29 is 18.0 Å². The molecule has 2 amide bonds. The molecule has 180 valence electrons. The third-order valence-corrected chi connectivity index (χ3v) is 7.64. The van der Waals surface area contributed by atoms with Crippen molar-refractivity contribution in [1.29, 1.82) is 0 Å². The number of hydrogen-bond donors (Lipinski definition) is 1. The van der Waals surface area contributed by atoms with Gasteiger partial charge in [0.05, 0.1) is 11.4 Å². The summed E-state index contributed by atoms with van der Waals surface area (Å²) in [6.07, 6.45) is 0.742. The van der Waals surface area contributed by atoms with E-state index in [-0.39, 0.29) is 23.4 Å². The Hall–Kier alpha value is -2.13. The van der Waals surface area contributed by atoms with Gasteiger partial charge in [0.15, 0.2) is 0 Å². The molecule has 0 heterocycles. The number of halogens is 2. The molecule has 1 N–H and O–H groups in total. The summed E-state index contributed by atoms with van der Waals surface area (Å²) in [7, 11) is -2.60. The Morgan fingerprint density at radius 3 is 2.00 bits per heavy atom. The van der Waals surface area contributed by atoms with Crippen molar-refractivity contribution in [3.63, 3.8) is 0 Å². The third-order valence-electron chi connectivity index (χ3n) is 5.31. The van der Waals surface area contributed by atoms with E-state index in [4.69, 9.17) is 23.2 Å². The Bertz CT molecular complexity index is 1060. The first-order valence-electron chi connectivity index (χ1n) is 10.5. The fraction of sp³-hybridized carbons (Fsp3) is 0.391. The summed E-state index contributed by atoms with van der Waals surface area (Å²) in [5.74, 6) is -0.813. The second-order valence-electron chi connectivity index (χ2n) is 7.86. The van der Waals surface area contributed by atoms with Crippen molar-refractivity contribution in [2.24, 2.45) is 0 Å². The summed E-state index contributed by atoms with van der Waals surface area (Å²) in [6, 6.07) is 11.7. The molecule has 0 spiro atoms. The van der Waals surface area contributed by atoms with Gasteiger partial charge in [0.2, 0.25) is 21.8 Å². The minimum atomic E-state index is -3.92. The molecule has 0 bridgehead atoms. The molecule has 0 saturated heterocycles. The molecule has 33 heavy (non-hydrogen) atoms. The van der Waals surface area contributed by atoms with Gasteiger partial charge < -0.3 is 10.2 Å². The fourth-order valence-corrected chi connectivity index (χ4v) is 4.36. The third kappa shape index (κ3) is 7.43. The van der Waals surface area contributed by atoms with E-state index in [1.807, 2.05) is 13.8 Å². The highest BCUT2D eigenvalue weighted by Gasteiger charge is 2.30. The van der Waals surface area contributed by atoms with Gasteiger partial charge in [-0.1, -0.05) is 42.3 Å². The first-order valence-corrected chi connectivity index (χ1v) is 12.7. The zero-order valence-electron chi connectivity index (χ0n) is 19.1. The van der Waals surface area contributed by atoms with E-state index in [9.17, 15) is 18.0 Å². The van der Waals surface area contributed by atoms with Crippen molar-refractivity contribution >= 4 is 45.0 Å². The molecule has 2 aromatic carbocycles. The largest absolute Gasteiger partial charge is 0.352 e. The van der Waals surface area contributed by atoms with Gasteiger partial charge in [-0.05, 0) is 62.2 Å². The number of benzene rings is 2. The van der Waals surface area contributed by atoms with Crippen molar-refractivity contribution in [2.75, 3.05) is 13.6 Å². The van der Waals surface area contributed by atoms with Crippen LogP contribution >= 0.6 is 23.2 Å². The maximum Gasteiger partial charge on any atom is 0.243 e. The lowest BCUT2D eigenvalue weighted by molar-refractivity contribution is -0.140. The highest BCUT2D eigenvalue weighted by Crippen LogP contribution is 2.19. The molecule has 2 atom stereocenters.